The van der Waals surface area contributed by atoms with Crippen molar-refractivity contribution in [1.82, 2.24) is 5.01 Å². The van der Waals surface area contributed by atoms with Crippen molar-refractivity contribution >= 4 is 51.4 Å². The second-order valence-corrected chi connectivity index (χ2v) is 10.3. The Hall–Kier alpha value is -3.10. The van der Waals surface area contributed by atoms with Crippen LogP contribution in [0.3, 0.4) is 0 Å². The Bertz CT molecular complexity index is 1250. The van der Waals surface area contributed by atoms with Crippen molar-refractivity contribution in [2.45, 2.75) is 40.0 Å². The average Bonchev–Trinajstić information content (AvgIpc) is 3.30. The number of amidine groups is 2. The van der Waals surface area contributed by atoms with Crippen LogP contribution in [0.1, 0.15) is 51.2 Å². The fourth-order valence-electron chi connectivity index (χ4n) is 3.60. The number of hydrazone groups is 1. The third kappa shape index (κ3) is 5.82. The number of carbonyl (C=O) groups excluding carboxylic acids is 1. The smallest absolute Gasteiger partial charge is 0.283 e. The van der Waals surface area contributed by atoms with Gasteiger partial charge in [0.05, 0.1) is 5.57 Å². The van der Waals surface area contributed by atoms with Crippen molar-refractivity contribution in [3.8, 4) is 11.5 Å². The number of fused-ring (bicyclic) bond motifs is 1. The molecule has 0 aliphatic carbocycles. The van der Waals surface area contributed by atoms with E-state index in [1.54, 1.807) is 24.3 Å². The number of rotatable bonds is 9. The van der Waals surface area contributed by atoms with Crippen molar-refractivity contribution in [3.05, 3.63) is 64.2 Å². The summed E-state index contributed by atoms with van der Waals surface area (Å²) in [6, 6.07) is 13.3. The first-order chi connectivity index (χ1) is 17.3. The Labute approximate surface area is 220 Å². The second-order valence-electron chi connectivity index (χ2n) is 8.87. The summed E-state index contributed by atoms with van der Waals surface area (Å²) < 4.78 is 11.8. The number of carbonyl (C=O) groups is 1. The molecule has 0 fully saturated rings. The molecule has 0 saturated carbocycles. The van der Waals surface area contributed by atoms with E-state index in [9.17, 15) is 4.79 Å². The summed E-state index contributed by atoms with van der Waals surface area (Å²) in [6.45, 7) is 9.04. The predicted octanol–water partition coefficient (Wildman–Crippen LogP) is 6.59. The minimum atomic E-state index is -0.492. The number of hydrogen-bond acceptors (Lipinski definition) is 6. The first-order valence-corrected chi connectivity index (χ1v) is 13.1. The lowest BCUT2D eigenvalue weighted by atomic mass is 9.99. The largest absolute Gasteiger partial charge is 0.490 e. The zero-order chi connectivity index (χ0) is 25.8. The minimum Gasteiger partial charge on any atom is -0.490 e. The van der Waals surface area contributed by atoms with Crippen molar-refractivity contribution in [2.24, 2.45) is 16.0 Å². The highest BCUT2D eigenvalue weighted by atomic mass is 35.5. The molecule has 2 aromatic rings. The van der Waals surface area contributed by atoms with E-state index >= 15 is 0 Å². The van der Waals surface area contributed by atoms with Gasteiger partial charge in [-0.05, 0) is 66.1 Å². The molecule has 1 atom stereocenters. The normalized spacial score (nSPS) is 17.3. The second kappa shape index (κ2) is 11.3. The molecule has 1 N–H and O–H groups in total. The van der Waals surface area contributed by atoms with Crippen LogP contribution in [0, 0.1) is 11.3 Å². The van der Waals surface area contributed by atoms with Crippen LogP contribution in [0.15, 0.2) is 58.1 Å². The predicted molar refractivity (Wildman–Crippen MR) is 147 cm³/mol. The molecule has 2 aromatic carbocycles. The molecule has 188 valence electrons. The van der Waals surface area contributed by atoms with Gasteiger partial charge in [0.1, 0.15) is 29.8 Å². The third-order valence-electron chi connectivity index (χ3n) is 5.91. The van der Waals surface area contributed by atoms with E-state index < -0.39 is 5.91 Å². The number of benzene rings is 2. The summed E-state index contributed by atoms with van der Waals surface area (Å²) in [5, 5.41) is 16.1. The van der Waals surface area contributed by atoms with Gasteiger partial charge in [0.25, 0.3) is 5.91 Å². The summed E-state index contributed by atoms with van der Waals surface area (Å²) in [6.07, 6.45) is 2.67. The Kier molecular flexibility index (Phi) is 8.16. The molecule has 0 bridgehead atoms. The van der Waals surface area contributed by atoms with Crippen LogP contribution in [0.2, 0.25) is 5.02 Å². The highest BCUT2D eigenvalue weighted by Gasteiger charge is 2.36. The molecule has 0 spiro atoms. The molecule has 0 radical (unpaired) electrons. The standard InChI is InChI=1S/C27H29ClN4O3S/c1-5-17(4)18-6-9-21(10-7-18)34-12-13-35-23-11-8-20(28)14-19(23)15-22-24(29)32-27(30-25(22)33)36-26(31-32)16(2)3/h6-11,14-17,29H,5,12-13H2,1-4H3/b22-15-,29-24?/t17-/m1/s1. The number of hydrogen-bond donors (Lipinski definition) is 1. The maximum atomic E-state index is 12.7. The van der Waals surface area contributed by atoms with Crippen molar-refractivity contribution < 1.29 is 14.3 Å². The van der Waals surface area contributed by atoms with E-state index in [4.69, 9.17) is 26.5 Å². The Morgan fingerprint density at radius 2 is 1.83 bits per heavy atom. The molecule has 0 unspecified atom stereocenters. The number of amides is 1. The van der Waals surface area contributed by atoms with Crippen LogP contribution in [0.25, 0.3) is 6.08 Å². The maximum Gasteiger partial charge on any atom is 0.283 e. The molecule has 36 heavy (non-hydrogen) atoms. The van der Waals surface area contributed by atoms with E-state index in [1.165, 1.54) is 22.3 Å². The van der Waals surface area contributed by atoms with Crippen LogP contribution in [0.4, 0.5) is 0 Å². The van der Waals surface area contributed by atoms with Gasteiger partial charge in [0, 0.05) is 16.5 Å². The van der Waals surface area contributed by atoms with Gasteiger partial charge in [-0.3, -0.25) is 10.2 Å². The molecule has 7 nitrogen and oxygen atoms in total. The lowest BCUT2D eigenvalue weighted by Crippen LogP contribution is -2.35. The van der Waals surface area contributed by atoms with Gasteiger partial charge in [-0.1, -0.05) is 51.4 Å². The summed E-state index contributed by atoms with van der Waals surface area (Å²) in [5.41, 5.74) is 1.99. The van der Waals surface area contributed by atoms with Crippen LogP contribution < -0.4 is 9.47 Å². The average molecular weight is 525 g/mol. The lowest BCUT2D eigenvalue weighted by molar-refractivity contribution is -0.114. The van der Waals surface area contributed by atoms with Gasteiger partial charge in [0.15, 0.2) is 5.84 Å². The van der Waals surface area contributed by atoms with Crippen molar-refractivity contribution in [1.29, 1.82) is 5.41 Å². The van der Waals surface area contributed by atoms with Crippen LogP contribution in [0.5, 0.6) is 11.5 Å². The van der Waals surface area contributed by atoms with Gasteiger partial charge < -0.3 is 9.47 Å². The van der Waals surface area contributed by atoms with E-state index in [0.717, 1.165) is 17.2 Å². The molecule has 2 heterocycles. The van der Waals surface area contributed by atoms with Crippen LogP contribution >= 0.6 is 23.4 Å². The molecule has 1 amide bonds. The number of thioether (sulfide) groups is 1. The molecule has 2 aliphatic rings. The van der Waals surface area contributed by atoms with Crippen molar-refractivity contribution in [3.63, 3.8) is 0 Å². The maximum absolute atomic E-state index is 12.7. The van der Waals surface area contributed by atoms with Gasteiger partial charge in [-0.2, -0.15) is 15.1 Å². The lowest BCUT2D eigenvalue weighted by Gasteiger charge is -2.20. The molecule has 2 aliphatic heterocycles. The van der Waals surface area contributed by atoms with E-state index in [2.05, 4.69) is 36.1 Å². The summed E-state index contributed by atoms with van der Waals surface area (Å²) in [4.78, 5) is 16.9. The minimum absolute atomic E-state index is 0.0248. The Morgan fingerprint density at radius 1 is 1.11 bits per heavy atom. The van der Waals surface area contributed by atoms with Gasteiger partial charge in [-0.15, -0.1) is 0 Å². The van der Waals surface area contributed by atoms with E-state index in [1.807, 2.05) is 26.0 Å². The fraction of sp³-hybridized carbons (Fsp3) is 0.333. The number of nitrogens with one attached hydrogen (secondary N) is 1. The van der Waals surface area contributed by atoms with Crippen LogP contribution in [-0.2, 0) is 4.79 Å². The zero-order valence-corrected chi connectivity index (χ0v) is 22.3. The monoisotopic (exact) mass is 524 g/mol. The molecular formula is C27H29ClN4O3S. The van der Waals surface area contributed by atoms with E-state index in [-0.39, 0.29) is 17.3 Å². The van der Waals surface area contributed by atoms with Gasteiger partial charge >= 0.3 is 0 Å². The summed E-state index contributed by atoms with van der Waals surface area (Å²) in [5.74, 6) is 1.48. The zero-order valence-electron chi connectivity index (χ0n) is 20.7. The first-order valence-electron chi connectivity index (χ1n) is 11.9. The summed E-state index contributed by atoms with van der Waals surface area (Å²) >= 11 is 7.54. The highest BCUT2D eigenvalue weighted by Crippen LogP contribution is 2.32. The summed E-state index contributed by atoms with van der Waals surface area (Å²) in [7, 11) is 0. The molecule has 4 rings (SSSR count). The van der Waals surface area contributed by atoms with Gasteiger partial charge in [-0.25, -0.2) is 0 Å². The number of halogens is 1. The molecule has 0 saturated heterocycles. The van der Waals surface area contributed by atoms with E-state index in [0.29, 0.717) is 40.6 Å². The fourth-order valence-corrected chi connectivity index (χ4v) is 4.67. The van der Waals surface area contributed by atoms with Gasteiger partial charge in [0.2, 0.25) is 5.17 Å². The molecule has 9 heteroatoms. The Morgan fingerprint density at radius 3 is 2.53 bits per heavy atom. The number of ether oxygens (including phenoxy) is 2. The van der Waals surface area contributed by atoms with Crippen LogP contribution in [-0.4, -0.2) is 40.2 Å². The number of nitrogens with zero attached hydrogens (tertiary/aromatic N) is 3. The Balaban J connectivity index is 1.45. The quantitative estimate of drug-likeness (QED) is 0.295. The molecular weight excluding hydrogens is 496 g/mol. The van der Waals surface area contributed by atoms with Crippen molar-refractivity contribution in [2.75, 3.05) is 13.2 Å². The molecule has 0 aromatic heterocycles. The SMILES string of the molecule is CC[C@@H](C)c1ccc(OCCOc2ccc(Cl)cc2/C=C2/C(=N)N3N=C(C(C)C)SC3=NC2=O)cc1. The third-order valence-corrected chi connectivity index (χ3v) is 7.35. The topological polar surface area (TPSA) is 87.3 Å². The number of aliphatic imine (C=N–C) groups is 1. The first kappa shape index (κ1) is 26.0. The highest BCUT2D eigenvalue weighted by molar-refractivity contribution is 8.27.